The Morgan fingerprint density at radius 1 is 0.287 bits per heavy atom. The lowest BCUT2D eigenvalue weighted by Gasteiger charge is -2.15. The van der Waals surface area contributed by atoms with Crippen LogP contribution in [0.25, 0.3) is 0 Å². The fourth-order valence-corrected chi connectivity index (χ4v) is 9.73. The van der Waals surface area contributed by atoms with E-state index in [1.54, 1.807) is 0 Å². The molecule has 0 amide bonds. The second kappa shape index (κ2) is 69.6. The molecule has 0 rings (SSSR count). The van der Waals surface area contributed by atoms with Gasteiger partial charge in [-0.05, 0) is 103 Å². The summed E-state index contributed by atoms with van der Waals surface area (Å²) in [6, 6.07) is 0. The molecule has 0 aliphatic carbocycles. The smallest absolute Gasteiger partial charge is 0.306 e. The highest BCUT2D eigenvalue weighted by molar-refractivity contribution is 5.70. The van der Waals surface area contributed by atoms with Gasteiger partial charge in [-0.1, -0.05) is 328 Å². The van der Waals surface area contributed by atoms with Gasteiger partial charge in [-0.25, -0.2) is 0 Å². The Labute approximate surface area is 496 Å². The Kier molecular flexibility index (Phi) is 66.4. The van der Waals surface area contributed by atoms with E-state index in [0.29, 0.717) is 12.8 Å². The number of ether oxygens (including phenoxy) is 2. The van der Waals surface area contributed by atoms with Crippen molar-refractivity contribution in [1.82, 2.24) is 0 Å². The quantitative estimate of drug-likeness (QED) is 0.0373. The standard InChI is InChI=1S/C75H128O5/c1-3-5-7-9-11-13-15-17-19-21-23-25-27-29-31-33-35-36-37-38-40-42-44-46-48-50-52-54-56-58-60-62-64-66-68-70-75(78)80-73(71-76)72-79-74(77)69-67-65-63-61-59-57-55-53-51-49-47-45-43-41-39-34-32-30-28-26-24-22-20-18-16-14-12-10-8-6-4-2/h5-8,11-14,17-20,23-26,29-32,73,76H,3-4,9-10,15-16,21-22,27-28,33-72H2,1-2H3/b7-5-,8-6-,13-11-,14-12-,19-17-,20-18-,25-23-,26-24-,31-29-,32-30-. The Bertz CT molecular complexity index is 1590. The highest BCUT2D eigenvalue weighted by Gasteiger charge is 2.16. The van der Waals surface area contributed by atoms with Crippen molar-refractivity contribution in [2.45, 2.75) is 328 Å². The SMILES string of the molecule is CC/C=C\C/C=C\C/C=C\C/C=C\C/C=C\CCCCCCCCCCCCCCCCCCCCCC(=O)OC(CO)COC(=O)CCCCCCCCCCCCCCCCC/C=C\C/C=C\C/C=C\C/C=C\C/C=C\CC. The monoisotopic (exact) mass is 1110 g/mol. The number of rotatable bonds is 62. The fourth-order valence-electron chi connectivity index (χ4n) is 9.73. The maximum atomic E-state index is 12.4. The molecule has 0 saturated heterocycles. The van der Waals surface area contributed by atoms with Crippen molar-refractivity contribution in [2.75, 3.05) is 13.2 Å². The maximum Gasteiger partial charge on any atom is 0.306 e. The molecule has 0 aliphatic heterocycles. The minimum atomic E-state index is -0.778. The third-order valence-electron chi connectivity index (χ3n) is 14.8. The summed E-state index contributed by atoms with van der Waals surface area (Å²) in [6.07, 6.45) is 102. The molecule has 0 aliphatic rings. The Balaban J connectivity index is 3.45. The lowest BCUT2D eigenvalue weighted by atomic mass is 10.0. The lowest BCUT2D eigenvalue weighted by molar-refractivity contribution is -0.161. The van der Waals surface area contributed by atoms with Crippen molar-refractivity contribution in [3.05, 3.63) is 122 Å². The molecule has 0 bridgehead atoms. The lowest BCUT2D eigenvalue weighted by Crippen LogP contribution is -2.28. The van der Waals surface area contributed by atoms with E-state index in [-0.39, 0.29) is 25.2 Å². The second-order valence-corrected chi connectivity index (χ2v) is 22.5. The largest absolute Gasteiger partial charge is 0.462 e. The first kappa shape index (κ1) is 76.3. The van der Waals surface area contributed by atoms with Gasteiger partial charge in [0, 0.05) is 12.8 Å². The van der Waals surface area contributed by atoms with E-state index in [1.165, 1.54) is 193 Å². The minimum absolute atomic E-state index is 0.0673. The molecule has 0 saturated carbocycles. The number of aliphatic hydroxyl groups is 1. The summed E-state index contributed by atoms with van der Waals surface area (Å²) in [7, 11) is 0. The van der Waals surface area contributed by atoms with Crippen molar-refractivity contribution >= 4 is 11.9 Å². The second-order valence-electron chi connectivity index (χ2n) is 22.5. The molecule has 1 atom stereocenters. The van der Waals surface area contributed by atoms with E-state index >= 15 is 0 Å². The molecule has 5 heteroatoms. The van der Waals surface area contributed by atoms with Gasteiger partial charge in [0.25, 0.3) is 0 Å². The Morgan fingerprint density at radius 2 is 0.500 bits per heavy atom. The van der Waals surface area contributed by atoms with Gasteiger partial charge in [-0.15, -0.1) is 0 Å². The third-order valence-corrected chi connectivity index (χ3v) is 14.8. The number of hydrogen-bond donors (Lipinski definition) is 1. The van der Waals surface area contributed by atoms with Crippen LogP contribution >= 0.6 is 0 Å². The molecule has 0 aromatic heterocycles. The van der Waals surface area contributed by atoms with Gasteiger partial charge < -0.3 is 14.6 Å². The van der Waals surface area contributed by atoms with E-state index in [1.807, 2.05) is 0 Å². The first-order valence-corrected chi connectivity index (χ1v) is 34.1. The van der Waals surface area contributed by atoms with Gasteiger partial charge in [-0.2, -0.15) is 0 Å². The fraction of sp³-hybridized carbons (Fsp3) is 0.707. The van der Waals surface area contributed by atoms with Crippen LogP contribution in [0.5, 0.6) is 0 Å². The number of unbranched alkanes of at least 4 members (excludes halogenated alkanes) is 34. The predicted octanol–water partition coefficient (Wildman–Crippen LogP) is 23.8. The third kappa shape index (κ3) is 66.8. The van der Waals surface area contributed by atoms with Crippen molar-refractivity contribution in [3.8, 4) is 0 Å². The van der Waals surface area contributed by atoms with Crippen molar-refractivity contribution in [2.24, 2.45) is 0 Å². The van der Waals surface area contributed by atoms with Crippen molar-refractivity contribution in [1.29, 1.82) is 0 Å². The highest BCUT2D eigenvalue weighted by atomic mass is 16.6. The van der Waals surface area contributed by atoms with E-state index in [4.69, 9.17) is 9.47 Å². The molecular formula is C75H128O5. The van der Waals surface area contributed by atoms with Gasteiger partial charge in [0.05, 0.1) is 6.61 Å². The van der Waals surface area contributed by atoms with E-state index < -0.39 is 6.10 Å². The molecule has 5 nitrogen and oxygen atoms in total. The van der Waals surface area contributed by atoms with Crippen molar-refractivity contribution < 1.29 is 24.2 Å². The highest BCUT2D eigenvalue weighted by Crippen LogP contribution is 2.18. The van der Waals surface area contributed by atoms with Gasteiger partial charge in [0.1, 0.15) is 6.61 Å². The molecule has 458 valence electrons. The molecule has 80 heavy (non-hydrogen) atoms. The molecule has 1 unspecified atom stereocenters. The Morgan fingerprint density at radius 3 is 0.750 bits per heavy atom. The number of aliphatic hydroxyl groups excluding tert-OH is 1. The zero-order valence-corrected chi connectivity index (χ0v) is 52.6. The number of allylic oxidation sites excluding steroid dienone is 20. The first-order chi connectivity index (χ1) is 39.6. The normalized spacial score (nSPS) is 13.0. The average molecular weight is 1110 g/mol. The molecule has 1 N–H and O–H groups in total. The minimum Gasteiger partial charge on any atom is -0.462 e. The molecule has 0 heterocycles. The number of esters is 2. The van der Waals surface area contributed by atoms with E-state index in [9.17, 15) is 14.7 Å². The number of hydrogen-bond acceptors (Lipinski definition) is 5. The summed E-state index contributed by atoms with van der Waals surface area (Å²) >= 11 is 0. The summed E-state index contributed by atoms with van der Waals surface area (Å²) < 4.78 is 10.8. The van der Waals surface area contributed by atoms with Crippen LogP contribution in [0.1, 0.15) is 322 Å². The molecule has 0 fully saturated rings. The predicted molar refractivity (Wildman–Crippen MR) is 352 cm³/mol. The summed E-state index contributed by atoms with van der Waals surface area (Å²) in [6.45, 7) is 3.94. The van der Waals surface area contributed by atoms with Crippen LogP contribution in [0, 0.1) is 0 Å². The zero-order chi connectivity index (χ0) is 57.6. The summed E-state index contributed by atoms with van der Waals surface area (Å²) in [4.78, 5) is 24.7. The maximum absolute atomic E-state index is 12.4. The first-order valence-electron chi connectivity index (χ1n) is 34.1. The topological polar surface area (TPSA) is 72.8 Å². The van der Waals surface area contributed by atoms with Gasteiger partial charge in [0.2, 0.25) is 0 Å². The van der Waals surface area contributed by atoms with Crippen LogP contribution in [0.4, 0.5) is 0 Å². The zero-order valence-electron chi connectivity index (χ0n) is 52.6. The summed E-state index contributed by atoms with van der Waals surface area (Å²) in [5.74, 6) is -0.581. The van der Waals surface area contributed by atoms with E-state index in [0.717, 1.165) is 103 Å². The molecule has 0 aromatic rings. The van der Waals surface area contributed by atoms with Gasteiger partial charge in [0.15, 0.2) is 6.10 Å². The number of carbonyl (C=O) groups excluding carboxylic acids is 2. The van der Waals surface area contributed by atoms with E-state index in [2.05, 4.69) is 135 Å². The Hall–Kier alpha value is -3.70. The van der Waals surface area contributed by atoms with Crippen LogP contribution in [0.2, 0.25) is 0 Å². The summed E-state index contributed by atoms with van der Waals surface area (Å²) in [5, 5.41) is 9.70. The molecular weight excluding hydrogens is 981 g/mol. The van der Waals surface area contributed by atoms with Crippen LogP contribution in [-0.2, 0) is 19.1 Å². The van der Waals surface area contributed by atoms with Crippen LogP contribution < -0.4 is 0 Å². The van der Waals surface area contributed by atoms with Gasteiger partial charge >= 0.3 is 11.9 Å². The summed E-state index contributed by atoms with van der Waals surface area (Å²) in [5.41, 5.74) is 0. The molecule has 0 aromatic carbocycles. The molecule has 0 radical (unpaired) electrons. The van der Waals surface area contributed by atoms with Crippen LogP contribution in [-0.4, -0.2) is 36.4 Å². The van der Waals surface area contributed by atoms with Gasteiger partial charge in [-0.3, -0.25) is 9.59 Å². The number of carbonyl (C=O) groups is 2. The van der Waals surface area contributed by atoms with Crippen LogP contribution in [0.15, 0.2) is 122 Å². The van der Waals surface area contributed by atoms with Crippen LogP contribution in [0.3, 0.4) is 0 Å². The van der Waals surface area contributed by atoms with Crippen molar-refractivity contribution in [3.63, 3.8) is 0 Å². The average Bonchev–Trinajstić information content (AvgIpc) is 3.46. The molecule has 0 spiro atoms.